The Morgan fingerprint density at radius 1 is 0.875 bits per heavy atom. The van der Waals surface area contributed by atoms with Crippen molar-refractivity contribution in [3.8, 4) is 0 Å². The van der Waals surface area contributed by atoms with Crippen LogP contribution in [0.4, 0.5) is 5.69 Å². The number of fused-ring (bicyclic) bond motifs is 2. The first-order chi connectivity index (χ1) is 19.1. The van der Waals surface area contributed by atoms with Crippen LogP contribution in [-0.4, -0.2) is 62.8 Å². The highest BCUT2D eigenvalue weighted by Crippen LogP contribution is 2.56. The quantitative estimate of drug-likeness (QED) is 0.267. The molecule has 2 heterocycles. The van der Waals surface area contributed by atoms with E-state index in [2.05, 4.69) is 21.2 Å². The Hall–Kier alpha value is -3.77. The highest BCUT2D eigenvalue weighted by molar-refractivity contribution is 9.10. The average Bonchev–Trinajstić information content (AvgIpc) is 3.41. The zero-order valence-electron chi connectivity index (χ0n) is 22.4. The number of amides is 1. The largest absolute Gasteiger partial charge is 0.469 e. The van der Waals surface area contributed by atoms with Crippen molar-refractivity contribution in [3.05, 3.63) is 64.1 Å². The average molecular weight is 617 g/mol. The fourth-order valence-corrected chi connectivity index (χ4v) is 5.87. The molecule has 0 aromatic heterocycles. The summed E-state index contributed by atoms with van der Waals surface area (Å²) >= 11 is 3.39. The summed E-state index contributed by atoms with van der Waals surface area (Å²) in [4.78, 5) is 70.3. The fourth-order valence-electron chi connectivity index (χ4n) is 5.61. The number of ether oxygens (including phenoxy) is 4. The predicted octanol–water partition coefficient (Wildman–Crippen LogP) is 2.24. The molecule has 212 valence electrons. The molecule has 0 radical (unpaired) electrons. The Labute approximate surface area is 239 Å². The van der Waals surface area contributed by atoms with E-state index in [4.69, 9.17) is 18.9 Å². The number of anilines is 1. The molecule has 4 rings (SSSR count). The standard InChI is InChI=1S/C28H29BrN2O9/c1-5-39-25(35)28(26(36)40-6-2)21(23(33)38-4)20(22(32)37-3)27(30-28)18-9-7-8-10-19(18)31(24(27)34)15-16-11-13-17(29)14-12-16/h7-14,20-21,30H,5-6,15H2,1-4H3/t20-,21+,27?/m0/s1. The Morgan fingerprint density at radius 3 is 1.98 bits per heavy atom. The van der Waals surface area contributed by atoms with E-state index >= 15 is 0 Å². The highest BCUT2D eigenvalue weighted by Gasteiger charge is 2.78. The van der Waals surface area contributed by atoms with Crippen LogP contribution in [0.3, 0.4) is 0 Å². The number of para-hydroxylation sites is 1. The third-order valence-corrected chi connectivity index (χ3v) is 7.75. The van der Waals surface area contributed by atoms with Crippen LogP contribution in [0, 0.1) is 11.8 Å². The van der Waals surface area contributed by atoms with Crippen molar-refractivity contribution in [3.63, 3.8) is 0 Å². The highest BCUT2D eigenvalue weighted by atomic mass is 79.9. The van der Waals surface area contributed by atoms with Crippen molar-refractivity contribution in [2.75, 3.05) is 32.3 Å². The number of benzene rings is 2. The predicted molar refractivity (Wildman–Crippen MR) is 144 cm³/mol. The third-order valence-electron chi connectivity index (χ3n) is 7.22. The summed E-state index contributed by atoms with van der Waals surface area (Å²) in [5, 5.41) is 2.86. The third kappa shape index (κ3) is 4.35. The number of rotatable bonds is 8. The first-order valence-corrected chi connectivity index (χ1v) is 13.4. The maximum atomic E-state index is 14.6. The number of nitrogens with one attached hydrogen (secondary N) is 1. The van der Waals surface area contributed by atoms with Crippen LogP contribution >= 0.6 is 15.9 Å². The van der Waals surface area contributed by atoms with E-state index in [-0.39, 0.29) is 25.3 Å². The molecule has 0 aliphatic carbocycles. The molecule has 2 aromatic rings. The van der Waals surface area contributed by atoms with Crippen LogP contribution in [0.15, 0.2) is 53.0 Å². The molecule has 3 atom stereocenters. The molecule has 40 heavy (non-hydrogen) atoms. The van der Waals surface area contributed by atoms with Crippen LogP contribution in [-0.2, 0) is 55.0 Å². The zero-order chi connectivity index (χ0) is 29.2. The molecular weight excluding hydrogens is 588 g/mol. The fraction of sp³-hybridized carbons (Fsp3) is 0.393. The van der Waals surface area contributed by atoms with Gasteiger partial charge in [-0.3, -0.25) is 19.7 Å². The first-order valence-electron chi connectivity index (χ1n) is 12.6. The Morgan fingerprint density at radius 2 is 1.43 bits per heavy atom. The molecule has 1 spiro atoms. The van der Waals surface area contributed by atoms with Gasteiger partial charge in [0.15, 0.2) is 0 Å². The van der Waals surface area contributed by atoms with Gasteiger partial charge in [-0.2, -0.15) is 0 Å². The minimum atomic E-state index is -2.60. The maximum Gasteiger partial charge on any atom is 0.339 e. The van der Waals surface area contributed by atoms with Crippen LogP contribution in [0.5, 0.6) is 0 Å². The number of hydrogen-bond donors (Lipinski definition) is 1. The second kappa shape index (κ2) is 11.4. The van der Waals surface area contributed by atoms with Crippen LogP contribution in [0.2, 0.25) is 0 Å². The van der Waals surface area contributed by atoms with Crippen molar-refractivity contribution < 1.29 is 42.9 Å². The monoisotopic (exact) mass is 616 g/mol. The Bertz CT molecular complexity index is 1330. The molecule has 1 fully saturated rings. The lowest BCUT2D eigenvalue weighted by atomic mass is 9.72. The van der Waals surface area contributed by atoms with E-state index in [1.165, 1.54) is 18.7 Å². The maximum absolute atomic E-state index is 14.6. The van der Waals surface area contributed by atoms with E-state index in [9.17, 15) is 24.0 Å². The smallest absolute Gasteiger partial charge is 0.339 e. The number of esters is 4. The summed E-state index contributed by atoms with van der Waals surface area (Å²) in [7, 11) is 2.14. The minimum Gasteiger partial charge on any atom is -0.469 e. The summed E-state index contributed by atoms with van der Waals surface area (Å²) in [6.45, 7) is 2.80. The summed E-state index contributed by atoms with van der Waals surface area (Å²) in [5.41, 5.74) is -3.23. The van der Waals surface area contributed by atoms with Crippen LogP contribution in [0.25, 0.3) is 0 Å². The van der Waals surface area contributed by atoms with Gasteiger partial charge in [-0.15, -0.1) is 0 Å². The molecule has 1 N–H and O–H groups in total. The van der Waals surface area contributed by atoms with E-state index in [0.717, 1.165) is 24.3 Å². The number of nitrogens with zero attached hydrogens (tertiary/aromatic N) is 1. The molecule has 1 amide bonds. The van der Waals surface area contributed by atoms with Crippen LogP contribution < -0.4 is 10.2 Å². The molecule has 2 aliphatic heterocycles. The molecule has 0 saturated carbocycles. The number of hydrogen-bond acceptors (Lipinski definition) is 10. The molecule has 2 aliphatic rings. The lowest BCUT2D eigenvalue weighted by Crippen LogP contribution is -2.65. The van der Waals surface area contributed by atoms with E-state index in [1.807, 2.05) is 24.3 Å². The lowest BCUT2D eigenvalue weighted by molar-refractivity contribution is -0.175. The topological polar surface area (TPSA) is 138 Å². The normalized spacial score (nSPS) is 22.5. The molecule has 12 heteroatoms. The van der Waals surface area contributed by atoms with Gasteiger partial charge in [-0.25, -0.2) is 9.59 Å². The second-order valence-corrected chi connectivity index (χ2v) is 10.1. The molecular formula is C28H29BrN2O9. The summed E-state index contributed by atoms with van der Waals surface area (Å²) < 4.78 is 21.4. The SMILES string of the molecule is CCOC(=O)C1(C(=O)OCC)NC2(C(=O)N(Cc3ccc(Br)cc3)c3ccccc32)[C@H](C(=O)OC)[C@@H]1C(=O)OC. The van der Waals surface area contributed by atoms with Crippen molar-refractivity contribution >= 4 is 51.4 Å². The number of carbonyl (C=O) groups excluding carboxylic acids is 5. The first kappa shape index (κ1) is 29.2. The Kier molecular flexibility index (Phi) is 8.31. The van der Waals surface area contributed by atoms with Crippen molar-refractivity contribution in [2.24, 2.45) is 11.8 Å². The van der Waals surface area contributed by atoms with Gasteiger partial charge >= 0.3 is 23.9 Å². The van der Waals surface area contributed by atoms with Crippen molar-refractivity contribution in [1.29, 1.82) is 0 Å². The summed E-state index contributed by atoms with van der Waals surface area (Å²) in [5.74, 6) is -8.73. The van der Waals surface area contributed by atoms with Crippen LogP contribution in [0.1, 0.15) is 25.0 Å². The van der Waals surface area contributed by atoms with Gasteiger partial charge in [0.25, 0.3) is 5.91 Å². The number of methoxy groups -OCH3 is 2. The van der Waals surface area contributed by atoms with Gasteiger partial charge in [0, 0.05) is 15.7 Å². The Balaban J connectivity index is 2.01. The van der Waals surface area contributed by atoms with Gasteiger partial charge in [0.05, 0.1) is 34.0 Å². The molecule has 1 unspecified atom stereocenters. The van der Waals surface area contributed by atoms with Gasteiger partial charge < -0.3 is 23.8 Å². The van der Waals surface area contributed by atoms with E-state index in [1.54, 1.807) is 24.3 Å². The second-order valence-electron chi connectivity index (χ2n) is 9.22. The number of carbonyl (C=O) groups is 5. The lowest BCUT2D eigenvalue weighted by Gasteiger charge is -2.31. The number of halogens is 1. The van der Waals surface area contributed by atoms with E-state index in [0.29, 0.717) is 5.69 Å². The van der Waals surface area contributed by atoms with Crippen molar-refractivity contribution in [2.45, 2.75) is 31.5 Å². The molecule has 11 nitrogen and oxygen atoms in total. The van der Waals surface area contributed by atoms with Gasteiger partial charge in [0.2, 0.25) is 5.54 Å². The van der Waals surface area contributed by atoms with Gasteiger partial charge in [-0.1, -0.05) is 46.3 Å². The zero-order valence-corrected chi connectivity index (χ0v) is 24.0. The van der Waals surface area contributed by atoms with Gasteiger partial charge in [0.1, 0.15) is 17.4 Å². The molecule has 2 aromatic carbocycles. The minimum absolute atomic E-state index is 0.0924. The summed E-state index contributed by atoms with van der Waals surface area (Å²) in [6.07, 6.45) is 0. The molecule has 1 saturated heterocycles. The van der Waals surface area contributed by atoms with E-state index < -0.39 is 52.7 Å². The summed E-state index contributed by atoms with van der Waals surface area (Å²) in [6, 6.07) is 13.9. The van der Waals surface area contributed by atoms with Gasteiger partial charge in [-0.05, 0) is 37.6 Å². The molecule has 0 bridgehead atoms. The van der Waals surface area contributed by atoms with Crippen molar-refractivity contribution in [1.82, 2.24) is 5.32 Å².